The molecule has 0 aliphatic carbocycles. The summed E-state index contributed by atoms with van der Waals surface area (Å²) in [5.74, 6) is 0. The average molecular weight is 216 g/mol. The lowest BCUT2D eigenvalue weighted by Gasteiger charge is -2.17. The Morgan fingerprint density at radius 3 is 2.81 bits per heavy atom. The molecule has 84 valence electrons. The molecule has 1 aromatic carbocycles. The molecule has 0 saturated carbocycles. The van der Waals surface area contributed by atoms with Gasteiger partial charge in [0.25, 0.3) is 0 Å². The third kappa shape index (κ3) is 1.97. The summed E-state index contributed by atoms with van der Waals surface area (Å²) in [5.41, 5.74) is 2.33. The molecule has 1 atom stereocenters. The van der Waals surface area contributed by atoms with Crippen molar-refractivity contribution in [3.63, 3.8) is 0 Å². The van der Waals surface area contributed by atoms with Crippen molar-refractivity contribution in [3.8, 4) is 5.69 Å². The van der Waals surface area contributed by atoms with Crippen LogP contribution in [0.4, 0.5) is 0 Å². The summed E-state index contributed by atoms with van der Waals surface area (Å²) in [6.07, 6.45) is 4.32. The molecule has 0 aliphatic rings. The number of nitrogens with one attached hydrogen (secondary N) is 1. The molecule has 0 aliphatic heterocycles. The van der Waals surface area contributed by atoms with Crippen LogP contribution in [0.3, 0.4) is 0 Å². The summed E-state index contributed by atoms with van der Waals surface area (Å²) in [4.78, 5) is 3.98. The van der Waals surface area contributed by atoms with Crippen LogP contribution in [0.15, 0.2) is 36.9 Å². The standard InChI is InChI=1S/C12H16N4/c1-3-11(13-2)10-6-4-5-7-12(10)16-9-14-8-15-16/h4-9,11,13H,3H2,1-2H3. The van der Waals surface area contributed by atoms with Crippen molar-refractivity contribution in [1.29, 1.82) is 0 Å². The Labute approximate surface area is 95.3 Å². The maximum atomic E-state index is 4.18. The van der Waals surface area contributed by atoms with Gasteiger partial charge in [-0.15, -0.1) is 0 Å². The van der Waals surface area contributed by atoms with Crippen molar-refractivity contribution in [3.05, 3.63) is 42.5 Å². The van der Waals surface area contributed by atoms with Crippen molar-refractivity contribution in [2.24, 2.45) is 0 Å². The first-order chi connectivity index (χ1) is 7.86. The molecule has 4 heteroatoms. The Hall–Kier alpha value is -1.68. The molecule has 0 radical (unpaired) electrons. The summed E-state index contributed by atoms with van der Waals surface area (Å²) >= 11 is 0. The fraction of sp³-hybridized carbons (Fsp3) is 0.333. The summed E-state index contributed by atoms with van der Waals surface area (Å²) in [6.45, 7) is 2.17. The van der Waals surface area contributed by atoms with Crippen molar-refractivity contribution >= 4 is 0 Å². The molecule has 4 nitrogen and oxygen atoms in total. The lowest BCUT2D eigenvalue weighted by Crippen LogP contribution is -2.17. The summed E-state index contributed by atoms with van der Waals surface area (Å²) in [7, 11) is 1.98. The van der Waals surface area contributed by atoms with E-state index in [2.05, 4.69) is 40.5 Å². The Kier molecular flexibility index (Phi) is 3.31. The van der Waals surface area contributed by atoms with Gasteiger partial charge in [-0.05, 0) is 25.1 Å². The summed E-state index contributed by atoms with van der Waals surface area (Å²) < 4.78 is 1.80. The lowest BCUT2D eigenvalue weighted by molar-refractivity contribution is 0.572. The molecule has 0 saturated heterocycles. The highest BCUT2D eigenvalue weighted by molar-refractivity contribution is 5.41. The van der Waals surface area contributed by atoms with Crippen LogP contribution in [0.25, 0.3) is 5.69 Å². The normalized spacial score (nSPS) is 12.6. The van der Waals surface area contributed by atoms with Gasteiger partial charge in [-0.1, -0.05) is 25.1 Å². The maximum Gasteiger partial charge on any atom is 0.138 e. The second kappa shape index (κ2) is 4.90. The van der Waals surface area contributed by atoms with Crippen LogP contribution in [0, 0.1) is 0 Å². The first-order valence-corrected chi connectivity index (χ1v) is 5.48. The van der Waals surface area contributed by atoms with Crippen molar-refractivity contribution < 1.29 is 0 Å². The highest BCUT2D eigenvalue weighted by Gasteiger charge is 2.12. The molecule has 16 heavy (non-hydrogen) atoms. The highest BCUT2D eigenvalue weighted by Crippen LogP contribution is 2.22. The number of para-hydroxylation sites is 1. The van der Waals surface area contributed by atoms with Crippen LogP contribution in [0.5, 0.6) is 0 Å². The van der Waals surface area contributed by atoms with Gasteiger partial charge in [0, 0.05) is 6.04 Å². The number of nitrogens with zero attached hydrogens (tertiary/aromatic N) is 3. The lowest BCUT2D eigenvalue weighted by atomic mass is 10.0. The summed E-state index contributed by atoms with van der Waals surface area (Å²) in [6, 6.07) is 8.60. The van der Waals surface area contributed by atoms with E-state index in [0.29, 0.717) is 6.04 Å². The molecule has 1 N–H and O–H groups in total. The van der Waals surface area contributed by atoms with Gasteiger partial charge in [0.15, 0.2) is 0 Å². The van der Waals surface area contributed by atoms with E-state index in [1.807, 2.05) is 13.1 Å². The van der Waals surface area contributed by atoms with Crippen LogP contribution < -0.4 is 5.32 Å². The first kappa shape index (κ1) is 10.8. The second-order valence-corrected chi connectivity index (χ2v) is 3.65. The van der Waals surface area contributed by atoms with Crippen LogP contribution in [-0.2, 0) is 0 Å². The van der Waals surface area contributed by atoms with E-state index in [4.69, 9.17) is 0 Å². The topological polar surface area (TPSA) is 42.7 Å². The van der Waals surface area contributed by atoms with Gasteiger partial charge in [-0.3, -0.25) is 0 Å². The molecule has 0 bridgehead atoms. The minimum atomic E-state index is 0.348. The highest BCUT2D eigenvalue weighted by atomic mass is 15.3. The first-order valence-electron chi connectivity index (χ1n) is 5.48. The molecule has 1 unspecified atom stereocenters. The predicted molar refractivity (Wildman–Crippen MR) is 63.5 cm³/mol. The monoisotopic (exact) mass is 216 g/mol. The maximum absolute atomic E-state index is 4.18. The third-order valence-electron chi connectivity index (χ3n) is 2.73. The van der Waals surface area contributed by atoms with E-state index in [-0.39, 0.29) is 0 Å². The Morgan fingerprint density at radius 1 is 1.38 bits per heavy atom. The van der Waals surface area contributed by atoms with Gasteiger partial charge in [-0.25, -0.2) is 9.67 Å². The zero-order chi connectivity index (χ0) is 11.4. The molecule has 0 amide bonds. The van der Waals surface area contributed by atoms with Crippen molar-refractivity contribution in [1.82, 2.24) is 20.1 Å². The smallest absolute Gasteiger partial charge is 0.138 e. The van der Waals surface area contributed by atoms with Crippen molar-refractivity contribution in [2.75, 3.05) is 7.05 Å². The molecular weight excluding hydrogens is 200 g/mol. The Morgan fingerprint density at radius 2 is 2.19 bits per heavy atom. The van der Waals surface area contributed by atoms with Crippen LogP contribution in [0.2, 0.25) is 0 Å². The third-order valence-corrected chi connectivity index (χ3v) is 2.73. The quantitative estimate of drug-likeness (QED) is 0.849. The van der Waals surface area contributed by atoms with Crippen LogP contribution in [-0.4, -0.2) is 21.8 Å². The molecular formula is C12H16N4. The summed E-state index contributed by atoms with van der Waals surface area (Å²) in [5, 5.41) is 7.48. The molecule has 2 rings (SSSR count). The minimum absolute atomic E-state index is 0.348. The number of benzene rings is 1. The van der Waals surface area contributed by atoms with E-state index in [1.54, 1.807) is 17.3 Å². The number of rotatable bonds is 4. The number of hydrogen-bond donors (Lipinski definition) is 1. The second-order valence-electron chi connectivity index (χ2n) is 3.65. The molecule has 0 fully saturated rings. The predicted octanol–water partition coefficient (Wildman–Crippen LogP) is 1.94. The average Bonchev–Trinajstić information content (AvgIpc) is 2.85. The molecule has 0 spiro atoms. The van der Waals surface area contributed by atoms with Gasteiger partial charge in [-0.2, -0.15) is 5.10 Å². The zero-order valence-electron chi connectivity index (χ0n) is 9.59. The zero-order valence-corrected chi connectivity index (χ0v) is 9.59. The van der Waals surface area contributed by atoms with Gasteiger partial charge in [0.2, 0.25) is 0 Å². The fourth-order valence-electron chi connectivity index (χ4n) is 1.90. The minimum Gasteiger partial charge on any atom is -0.313 e. The molecule has 1 heterocycles. The number of hydrogen-bond acceptors (Lipinski definition) is 3. The van der Waals surface area contributed by atoms with Crippen LogP contribution >= 0.6 is 0 Å². The van der Waals surface area contributed by atoms with E-state index < -0.39 is 0 Å². The van der Waals surface area contributed by atoms with Crippen molar-refractivity contribution in [2.45, 2.75) is 19.4 Å². The van der Waals surface area contributed by atoms with Gasteiger partial charge in [0.1, 0.15) is 12.7 Å². The SMILES string of the molecule is CCC(NC)c1ccccc1-n1cncn1. The number of aromatic nitrogens is 3. The van der Waals surface area contributed by atoms with Gasteiger partial charge in [0.05, 0.1) is 5.69 Å². The Bertz CT molecular complexity index is 432. The van der Waals surface area contributed by atoms with Gasteiger partial charge < -0.3 is 5.32 Å². The van der Waals surface area contributed by atoms with Crippen LogP contribution in [0.1, 0.15) is 24.9 Å². The van der Waals surface area contributed by atoms with E-state index >= 15 is 0 Å². The van der Waals surface area contributed by atoms with E-state index in [0.717, 1.165) is 12.1 Å². The fourth-order valence-corrected chi connectivity index (χ4v) is 1.90. The molecule has 1 aromatic heterocycles. The Balaban J connectivity index is 2.45. The largest absolute Gasteiger partial charge is 0.313 e. The van der Waals surface area contributed by atoms with Gasteiger partial charge >= 0.3 is 0 Å². The van der Waals surface area contributed by atoms with E-state index in [1.165, 1.54) is 5.56 Å². The molecule has 2 aromatic rings. The van der Waals surface area contributed by atoms with E-state index in [9.17, 15) is 0 Å².